The van der Waals surface area contributed by atoms with Gasteiger partial charge in [-0.3, -0.25) is 0 Å². The number of piperidine rings is 1. The molecule has 0 atom stereocenters. The molecule has 1 aliphatic rings. The molecular formula is C15H19N. The van der Waals surface area contributed by atoms with Crippen LogP contribution in [0.1, 0.15) is 42.4 Å². The third-order valence-corrected chi connectivity index (χ3v) is 3.47. The van der Waals surface area contributed by atoms with Crippen molar-refractivity contribution in [2.75, 3.05) is 13.1 Å². The Morgan fingerprint density at radius 1 is 1.38 bits per heavy atom. The van der Waals surface area contributed by atoms with E-state index >= 15 is 0 Å². The minimum absolute atomic E-state index is 0.725. The van der Waals surface area contributed by atoms with Crippen LogP contribution in [0.3, 0.4) is 0 Å². The first-order chi connectivity index (χ1) is 7.85. The Bertz CT molecular complexity index is 394. The summed E-state index contributed by atoms with van der Waals surface area (Å²) in [5.74, 6) is 3.44. The van der Waals surface area contributed by atoms with Gasteiger partial charge in [0.15, 0.2) is 0 Å². The van der Waals surface area contributed by atoms with Crippen LogP contribution in [0.15, 0.2) is 18.2 Å². The Hall–Kier alpha value is -1.26. The maximum absolute atomic E-state index is 5.44. The second kappa shape index (κ2) is 5.18. The molecule has 0 unspecified atom stereocenters. The van der Waals surface area contributed by atoms with Crippen molar-refractivity contribution in [1.82, 2.24) is 5.32 Å². The van der Waals surface area contributed by atoms with Crippen LogP contribution < -0.4 is 5.32 Å². The van der Waals surface area contributed by atoms with Crippen LogP contribution in [0.2, 0.25) is 0 Å². The molecule has 1 fully saturated rings. The van der Waals surface area contributed by atoms with Gasteiger partial charge in [0.05, 0.1) is 0 Å². The summed E-state index contributed by atoms with van der Waals surface area (Å²) in [7, 11) is 0. The van der Waals surface area contributed by atoms with Gasteiger partial charge in [0.2, 0.25) is 0 Å². The van der Waals surface area contributed by atoms with Gasteiger partial charge in [-0.1, -0.05) is 18.9 Å². The van der Waals surface area contributed by atoms with Gasteiger partial charge in [0.1, 0.15) is 0 Å². The Morgan fingerprint density at radius 3 is 2.75 bits per heavy atom. The predicted octanol–water partition coefficient (Wildman–Crippen LogP) is 2.70. The maximum atomic E-state index is 5.44. The van der Waals surface area contributed by atoms with E-state index in [0.29, 0.717) is 0 Å². The first-order valence-electron chi connectivity index (χ1n) is 6.15. The number of aryl methyl sites for hydroxylation is 1. The SMILES string of the molecule is C#Cc1ccc(C2CCNCC2)c(CC)c1. The van der Waals surface area contributed by atoms with Crippen molar-refractivity contribution in [3.63, 3.8) is 0 Å². The van der Waals surface area contributed by atoms with Crippen LogP contribution in [-0.4, -0.2) is 13.1 Å². The maximum Gasteiger partial charge on any atom is 0.0245 e. The van der Waals surface area contributed by atoms with Crippen molar-refractivity contribution < 1.29 is 0 Å². The standard InChI is InChI=1S/C15H19N/c1-3-12-5-6-15(13(4-2)11-12)14-7-9-16-10-8-14/h1,5-6,11,14,16H,4,7-10H2,2H3. The Labute approximate surface area is 98.3 Å². The summed E-state index contributed by atoms with van der Waals surface area (Å²) in [6.07, 6.45) is 9.02. The third-order valence-electron chi connectivity index (χ3n) is 3.47. The van der Waals surface area contributed by atoms with Crippen molar-refractivity contribution in [3.05, 3.63) is 34.9 Å². The lowest BCUT2D eigenvalue weighted by atomic mass is 9.86. The molecule has 84 valence electrons. The zero-order valence-corrected chi connectivity index (χ0v) is 9.92. The Balaban J connectivity index is 2.29. The van der Waals surface area contributed by atoms with Crippen LogP contribution >= 0.6 is 0 Å². The molecule has 0 amide bonds. The van der Waals surface area contributed by atoms with E-state index in [-0.39, 0.29) is 0 Å². The number of hydrogen-bond acceptors (Lipinski definition) is 1. The molecule has 1 saturated heterocycles. The van der Waals surface area contributed by atoms with E-state index in [1.54, 1.807) is 0 Å². The van der Waals surface area contributed by atoms with Gasteiger partial charge in [-0.25, -0.2) is 0 Å². The second-order valence-electron chi connectivity index (χ2n) is 4.44. The molecule has 1 aliphatic heterocycles. The zero-order chi connectivity index (χ0) is 11.4. The van der Waals surface area contributed by atoms with E-state index in [1.165, 1.54) is 24.0 Å². The second-order valence-corrected chi connectivity index (χ2v) is 4.44. The minimum atomic E-state index is 0.725. The molecule has 1 N–H and O–H groups in total. The molecule has 1 heterocycles. The first-order valence-corrected chi connectivity index (χ1v) is 6.15. The highest BCUT2D eigenvalue weighted by Gasteiger charge is 2.17. The Morgan fingerprint density at radius 2 is 2.12 bits per heavy atom. The van der Waals surface area contributed by atoms with E-state index in [4.69, 9.17) is 6.42 Å². The summed E-state index contributed by atoms with van der Waals surface area (Å²) in [6, 6.07) is 6.50. The van der Waals surface area contributed by atoms with E-state index in [1.807, 2.05) is 0 Å². The normalized spacial score (nSPS) is 17.0. The summed E-state index contributed by atoms with van der Waals surface area (Å²) < 4.78 is 0. The summed E-state index contributed by atoms with van der Waals surface area (Å²) in [6.45, 7) is 4.50. The molecule has 0 bridgehead atoms. The highest BCUT2D eigenvalue weighted by Crippen LogP contribution is 2.28. The van der Waals surface area contributed by atoms with Gasteiger partial charge in [-0.15, -0.1) is 6.42 Å². The van der Waals surface area contributed by atoms with Gasteiger partial charge in [-0.2, -0.15) is 0 Å². The number of rotatable bonds is 2. The number of terminal acetylenes is 1. The Kier molecular flexibility index (Phi) is 3.64. The monoisotopic (exact) mass is 213 g/mol. The van der Waals surface area contributed by atoms with Crippen LogP contribution in [0.4, 0.5) is 0 Å². The van der Waals surface area contributed by atoms with Crippen molar-refractivity contribution in [3.8, 4) is 12.3 Å². The molecule has 2 rings (SSSR count). The van der Waals surface area contributed by atoms with Crippen molar-refractivity contribution in [2.24, 2.45) is 0 Å². The average molecular weight is 213 g/mol. The molecule has 0 aromatic heterocycles. The smallest absolute Gasteiger partial charge is 0.0245 e. The fourth-order valence-corrected chi connectivity index (χ4v) is 2.53. The van der Waals surface area contributed by atoms with Crippen molar-refractivity contribution in [2.45, 2.75) is 32.1 Å². The van der Waals surface area contributed by atoms with Crippen molar-refractivity contribution in [1.29, 1.82) is 0 Å². The fraction of sp³-hybridized carbons (Fsp3) is 0.467. The highest BCUT2D eigenvalue weighted by atomic mass is 14.9. The zero-order valence-electron chi connectivity index (χ0n) is 9.92. The summed E-state index contributed by atoms with van der Waals surface area (Å²) in [5.41, 5.74) is 3.96. The van der Waals surface area contributed by atoms with Gasteiger partial charge >= 0.3 is 0 Å². The van der Waals surface area contributed by atoms with E-state index in [9.17, 15) is 0 Å². The first kappa shape index (κ1) is 11.2. The predicted molar refractivity (Wildman–Crippen MR) is 68.6 cm³/mol. The van der Waals surface area contributed by atoms with Gasteiger partial charge in [0.25, 0.3) is 0 Å². The van der Waals surface area contributed by atoms with E-state index < -0.39 is 0 Å². The van der Waals surface area contributed by atoms with E-state index in [0.717, 1.165) is 31.0 Å². The van der Waals surface area contributed by atoms with Crippen LogP contribution in [0, 0.1) is 12.3 Å². The van der Waals surface area contributed by atoms with E-state index in [2.05, 4.69) is 36.4 Å². The summed E-state index contributed by atoms with van der Waals surface area (Å²) in [4.78, 5) is 0. The molecule has 1 nitrogen and oxygen atoms in total. The fourth-order valence-electron chi connectivity index (χ4n) is 2.53. The molecule has 16 heavy (non-hydrogen) atoms. The largest absolute Gasteiger partial charge is 0.317 e. The van der Waals surface area contributed by atoms with Gasteiger partial charge < -0.3 is 5.32 Å². The van der Waals surface area contributed by atoms with Crippen LogP contribution in [0.25, 0.3) is 0 Å². The average Bonchev–Trinajstić information content (AvgIpc) is 2.39. The van der Waals surface area contributed by atoms with Crippen molar-refractivity contribution >= 4 is 0 Å². The van der Waals surface area contributed by atoms with Crippen LogP contribution in [-0.2, 0) is 6.42 Å². The van der Waals surface area contributed by atoms with Gasteiger partial charge in [0, 0.05) is 5.56 Å². The molecular weight excluding hydrogens is 194 g/mol. The topological polar surface area (TPSA) is 12.0 Å². The lowest BCUT2D eigenvalue weighted by Gasteiger charge is -2.25. The summed E-state index contributed by atoms with van der Waals surface area (Å²) >= 11 is 0. The minimum Gasteiger partial charge on any atom is -0.317 e. The molecule has 0 saturated carbocycles. The number of benzene rings is 1. The molecule has 1 aromatic rings. The molecule has 0 radical (unpaired) electrons. The lowest BCUT2D eigenvalue weighted by molar-refractivity contribution is 0.458. The molecule has 0 aliphatic carbocycles. The molecule has 1 aromatic carbocycles. The highest BCUT2D eigenvalue weighted by molar-refractivity contribution is 5.41. The quantitative estimate of drug-likeness (QED) is 0.745. The third kappa shape index (κ3) is 2.28. The number of nitrogens with one attached hydrogen (secondary N) is 1. The molecule has 0 spiro atoms. The lowest BCUT2D eigenvalue weighted by Crippen LogP contribution is -2.27. The van der Waals surface area contributed by atoms with Crippen LogP contribution in [0.5, 0.6) is 0 Å². The summed E-state index contributed by atoms with van der Waals surface area (Å²) in [5, 5.41) is 3.41. The van der Waals surface area contributed by atoms with Gasteiger partial charge in [-0.05, 0) is 61.5 Å². The molecule has 1 heteroatoms. The number of hydrogen-bond donors (Lipinski definition) is 1.